The van der Waals surface area contributed by atoms with Crippen LogP contribution in [-0.4, -0.2) is 29.1 Å². The zero-order valence-electron chi connectivity index (χ0n) is 15.6. The third-order valence-electron chi connectivity index (χ3n) is 4.41. The van der Waals surface area contributed by atoms with Crippen LogP contribution in [0.3, 0.4) is 0 Å². The Hall–Kier alpha value is -4.13. The molecule has 2 N–H and O–H groups in total. The molecule has 0 aliphatic rings. The van der Waals surface area contributed by atoms with Gasteiger partial charge in [0.2, 0.25) is 0 Å². The van der Waals surface area contributed by atoms with Crippen LogP contribution in [0.5, 0.6) is 0 Å². The molecule has 0 aliphatic heterocycles. The number of anilines is 2. The van der Waals surface area contributed by atoms with Crippen LogP contribution in [0, 0.1) is 0 Å². The van der Waals surface area contributed by atoms with Crippen LogP contribution in [0.25, 0.3) is 11.5 Å². The first-order valence-corrected chi connectivity index (χ1v) is 8.95. The van der Waals surface area contributed by atoms with Crippen LogP contribution in [0.4, 0.5) is 11.4 Å². The molecule has 2 amide bonds. The van der Waals surface area contributed by atoms with Crippen LogP contribution in [0.2, 0.25) is 0 Å². The third kappa shape index (κ3) is 3.93. The SMILES string of the molecule is CN(C(=O)c1cccc(NC(=O)c2cc(-c3ccco3)[nH]n2)c1)c1ccccc1. The Morgan fingerprint density at radius 1 is 1.00 bits per heavy atom. The molecule has 0 radical (unpaired) electrons. The molecule has 0 saturated heterocycles. The maximum atomic E-state index is 12.8. The molecule has 2 heterocycles. The molecule has 0 saturated carbocycles. The Kier molecular flexibility index (Phi) is 4.94. The Balaban J connectivity index is 1.49. The highest BCUT2D eigenvalue weighted by atomic mass is 16.3. The molecule has 0 atom stereocenters. The molecule has 0 fully saturated rings. The van der Waals surface area contributed by atoms with Crippen LogP contribution in [0.1, 0.15) is 20.8 Å². The number of nitrogens with zero attached hydrogens (tertiary/aromatic N) is 2. The van der Waals surface area contributed by atoms with Crippen LogP contribution in [0.15, 0.2) is 83.5 Å². The predicted molar refractivity (Wildman–Crippen MR) is 110 cm³/mol. The number of benzene rings is 2. The van der Waals surface area contributed by atoms with Crippen molar-refractivity contribution >= 4 is 23.2 Å². The van der Waals surface area contributed by atoms with Crippen molar-refractivity contribution in [1.29, 1.82) is 0 Å². The molecule has 4 rings (SSSR count). The summed E-state index contributed by atoms with van der Waals surface area (Å²) in [6.07, 6.45) is 1.55. The van der Waals surface area contributed by atoms with Gasteiger partial charge in [0.25, 0.3) is 11.8 Å². The summed E-state index contributed by atoms with van der Waals surface area (Å²) in [5.41, 5.74) is 2.58. The van der Waals surface area contributed by atoms with E-state index in [9.17, 15) is 9.59 Å². The highest BCUT2D eigenvalue weighted by molar-refractivity contribution is 6.08. The van der Waals surface area contributed by atoms with E-state index in [4.69, 9.17) is 4.42 Å². The minimum absolute atomic E-state index is 0.174. The van der Waals surface area contributed by atoms with Gasteiger partial charge in [-0.05, 0) is 42.5 Å². The Morgan fingerprint density at radius 3 is 2.59 bits per heavy atom. The standard InChI is InChI=1S/C22H18N4O3/c1-26(17-9-3-2-4-10-17)22(28)15-7-5-8-16(13-15)23-21(27)19-14-18(24-25-19)20-11-6-12-29-20/h2-14H,1H3,(H,23,27)(H,24,25). The highest BCUT2D eigenvalue weighted by Crippen LogP contribution is 2.20. The van der Waals surface area contributed by atoms with Gasteiger partial charge >= 0.3 is 0 Å². The van der Waals surface area contributed by atoms with Gasteiger partial charge < -0.3 is 14.6 Å². The number of hydrogen-bond acceptors (Lipinski definition) is 4. The van der Waals surface area contributed by atoms with Gasteiger partial charge in [0.1, 0.15) is 5.69 Å². The quantitative estimate of drug-likeness (QED) is 0.538. The first-order valence-electron chi connectivity index (χ1n) is 8.95. The lowest BCUT2D eigenvalue weighted by atomic mass is 10.1. The maximum absolute atomic E-state index is 12.8. The van der Waals surface area contributed by atoms with Gasteiger partial charge in [-0.3, -0.25) is 14.7 Å². The lowest BCUT2D eigenvalue weighted by molar-refractivity contribution is 0.0989. The van der Waals surface area contributed by atoms with E-state index in [1.165, 1.54) is 0 Å². The number of para-hydroxylation sites is 1. The fraction of sp³-hybridized carbons (Fsp3) is 0.0455. The second-order valence-electron chi connectivity index (χ2n) is 6.38. The smallest absolute Gasteiger partial charge is 0.276 e. The van der Waals surface area contributed by atoms with Crippen molar-refractivity contribution in [2.45, 2.75) is 0 Å². The summed E-state index contributed by atoms with van der Waals surface area (Å²) in [5, 5.41) is 9.56. The van der Waals surface area contributed by atoms with E-state index in [1.807, 2.05) is 30.3 Å². The number of rotatable bonds is 5. The van der Waals surface area contributed by atoms with Crippen molar-refractivity contribution in [2.24, 2.45) is 0 Å². The largest absolute Gasteiger partial charge is 0.463 e. The average molecular weight is 386 g/mol. The number of furan rings is 1. The second-order valence-corrected chi connectivity index (χ2v) is 6.38. The maximum Gasteiger partial charge on any atom is 0.276 e. The van der Waals surface area contributed by atoms with Gasteiger partial charge in [-0.1, -0.05) is 24.3 Å². The molecule has 2 aromatic heterocycles. The molecular formula is C22H18N4O3. The topological polar surface area (TPSA) is 91.2 Å². The van der Waals surface area contributed by atoms with Crippen molar-refractivity contribution in [3.05, 3.63) is 90.3 Å². The van der Waals surface area contributed by atoms with Crippen LogP contribution >= 0.6 is 0 Å². The lowest BCUT2D eigenvalue weighted by Gasteiger charge is -2.17. The van der Waals surface area contributed by atoms with E-state index in [0.717, 1.165) is 5.69 Å². The summed E-state index contributed by atoms with van der Waals surface area (Å²) < 4.78 is 5.29. The van der Waals surface area contributed by atoms with Crippen LogP contribution in [-0.2, 0) is 0 Å². The predicted octanol–water partition coefficient (Wildman–Crippen LogP) is 4.20. The normalized spacial score (nSPS) is 10.5. The Labute approximate surface area is 167 Å². The zero-order chi connectivity index (χ0) is 20.2. The van der Waals surface area contributed by atoms with E-state index in [0.29, 0.717) is 22.7 Å². The summed E-state index contributed by atoms with van der Waals surface area (Å²) in [6, 6.07) is 21.3. The number of H-pyrrole nitrogens is 1. The third-order valence-corrected chi connectivity index (χ3v) is 4.41. The van der Waals surface area contributed by atoms with Crippen molar-refractivity contribution in [2.75, 3.05) is 17.3 Å². The van der Waals surface area contributed by atoms with Crippen molar-refractivity contribution in [3.8, 4) is 11.5 Å². The Morgan fingerprint density at radius 2 is 1.83 bits per heavy atom. The van der Waals surface area contributed by atoms with Gasteiger partial charge in [0.15, 0.2) is 11.5 Å². The van der Waals surface area contributed by atoms with Crippen molar-refractivity contribution in [1.82, 2.24) is 10.2 Å². The molecule has 4 aromatic rings. The summed E-state index contributed by atoms with van der Waals surface area (Å²) in [7, 11) is 1.71. The molecule has 0 unspecified atom stereocenters. The van der Waals surface area contributed by atoms with E-state index in [1.54, 1.807) is 60.7 Å². The molecule has 29 heavy (non-hydrogen) atoms. The summed E-state index contributed by atoms with van der Waals surface area (Å²) >= 11 is 0. The van der Waals surface area contributed by atoms with Gasteiger partial charge in [-0.15, -0.1) is 0 Å². The number of carbonyl (C=O) groups is 2. The minimum atomic E-state index is -0.389. The Bertz CT molecular complexity index is 1130. The molecule has 7 heteroatoms. The summed E-state index contributed by atoms with van der Waals surface area (Å²) in [6.45, 7) is 0. The first kappa shape index (κ1) is 18.2. The number of amides is 2. The molecule has 0 bridgehead atoms. The second kappa shape index (κ2) is 7.85. The van der Waals surface area contributed by atoms with E-state index in [2.05, 4.69) is 15.5 Å². The molecule has 0 aliphatic carbocycles. The highest BCUT2D eigenvalue weighted by Gasteiger charge is 2.16. The average Bonchev–Trinajstić information content (AvgIpc) is 3.45. The number of aromatic nitrogens is 2. The minimum Gasteiger partial charge on any atom is -0.463 e. The monoisotopic (exact) mass is 386 g/mol. The number of carbonyl (C=O) groups excluding carboxylic acids is 2. The van der Waals surface area contributed by atoms with E-state index < -0.39 is 0 Å². The fourth-order valence-electron chi connectivity index (χ4n) is 2.88. The van der Waals surface area contributed by atoms with Gasteiger partial charge in [-0.2, -0.15) is 5.10 Å². The summed E-state index contributed by atoms with van der Waals surface area (Å²) in [4.78, 5) is 26.8. The first-order chi connectivity index (χ1) is 14.1. The number of nitrogens with one attached hydrogen (secondary N) is 2. The van der Waals surface area contributed by atoms with Crippen molar-refractivity contribution in [3.63, 3.8) is 0 Å². The molecule has 7 nitrogen and oxygen atoms in total. The van der Waals surface area contributed by atoms with E-state index >= 15 is 0 Å². The zero-order valence-corrected chi connectivity index (χ0v) is 15.6. The molecule has 144 valence electrons. The molecule has 2 aromatic carbocycles. The van der Waals surface area contributed by atoms with Gasteiger partial charge in [-0.25, -0.2) is 0 Å². The molecule has 0 spiro atoms. The van der Waals surface area contributed by atoms with E-state index in [-0.39, 0.29) is 17.5 Å². The summed E-state index contributed by atoms with van der Waals surface area (Å²) in [5.74, 6) is 0.0281. The number of hydrogen-bond donors (Lipinski definition) is 2. The lowest BCUT2D eigenvalue weighted by Crippen LogP contribution is -2.26. The van der Waals surface area contributed by atoms with Gasteiger partial charge in [0, 0.05) is 30.1 Å². The van der Waals surface area contributed by atoms with Crippen LogP contribution < -0.4 is 10.2 Å². The van der Waals surface area contributed by atoms with Crippen molar-refractivity contribution < 1.29 is 14.0 Å². The van der Waals surface area contributed by atoms with Gasteiger partial charge in [0.05, 0.1) is 6.26 Å². The molecular weight excluding hydrogens is 368 g/mol. The fourth-order valence-corrected chi connectivity index (χ4v) is 2.88. The number of aromatic amines is 1.